The summed E-state index contributed by atoms with van der Waals surface area (Å²) in [6, 6.07) is 9.97. The van der Waals surface area contributed by atoms with Gasteiger partial charge in [-0.05, 0) is 36.9 Å². The normalized spacial score (nSPS) is 23.0. The number of rotatable bonds is 4. The molecule has 1 atom stereocenters. The van der Waals surface area contributed by atoms with Gasteiger partial charge in [0.1, 0.15) is 0 Å². The van der Waals surface area contributed by atoms with Crippen LogP contribution >= 0.6 is 0 Å². The Hall–Kier alpha value is -0.860. The predicted octanol–water partition coefficient (Wildman–Crippen LogP) is 3.21. The second-order valence-electron chi connectivity index (χ2n) is 6.19. The zero-order valence-electron chi connectivity index (χ0n) is 12.0. The van der Waals surface area contributed by atoms with Crippen molar-refractivity contribution in [2.75, 3.05) is 20.1 Å². The topological polar surface area (TPSA) is 24.1 Å². The van der Waals surface area contributed by atoms with E-state index in [0.717, 1.165) is 24.9 Å². The Bertz CT molecular complexity index is 388. The van der Waals surface area contributed by atoms with Crippen LogP contribution in [0.5, 0.6) is 0 Å². The highest BCUT2D eigenvalue weighted by Gasteiger charge is 2.27. The summed E-state index contributed by atoms with van der Waals surface area (Å²) in [5.74, 6) is 1.58. The van der Waals surface area contributed by atoms with E-state index < -0.39 is 0 Å². The number of benzene rings is 1. The molecule has 0 aromatic heterocycles. The molecule has 2 nitrogen and oxygen atoms in total. The fourth-order valence-electron chi connectivity index (χ4n) is 3.63. The third-order valence-electron chi connectivity index (χ3n) is 4.97. The van der Waals surface area contributed by atoms with Crippen molar-refractivity contribution < 1.29 is 0 Å². The van der Waals surface area contributed by atoms with Gasteiger partial charge in [0.05, 0.1) is 0 Å². The Morgan fingerprint density at radius 2 is 1.74 bits per heavy atom. The van der Waals surface area contributed by atoms with Crippen LogP contribution in [0.2, 0.25) is 0 Å². The maximum absolute atomic E-state index is 3.48. The molecule has 19 heavy (non-hydrogen) atoms. The molecule has 1 heterocycles. The van der Waals surface area contributed by atoms with E-state index in [1.807, 2.05) is 0 Å². The van der Waals surface area contributed by atoms with Gasteiger partial charge in [0.2, 0.25) is 0 Å². The van der Waals surface area contributed by atoms with Gasteiger partial charge in [0.25, 0.3) is 0 Å². The van der Waals surface area contributed by atoms with E-state index in [1.54, 1.807) is 5.56 Å². The molecule has 0 radical (unpaired) electrons. The highest BCUT2D eigenvalue weighted by molar-refractivity contribution is 5.28. The van der Waals surface area contributed by atoms with Crippen LogP contribution in [-0.4, -0.2) is 20.1 Å². The summed E-state index contributed by atoms with van der Waals surface area (Å²) < 4.78 is 0. The zero-order valence-corrected chi connectivity index (χ0v) is 12.0. The van der Waals surface area contributed by atoms with Gasteiger partial charge in [0.15, 0.2) is 0 Å². The van der Waals surface area contributed by atoms with Crippen molar-refractivity contribution in [2.24, 2.45) is 5.92 Å². The van der Waals surface area contributed by atoms with E-state index in [9.17, 15) is 0 Å². The Morgan fingerprint density at radius 3 is 2.26 bits per heavy atom. The largest absolute Gasteiger partial charge is 0.316 e. The molecule has 1 unspecified atom stereocenters. The van der Waals surface area contributed by atoms with E-state index in [4.69, 9.17) is 0 Å². The Kier molecular flexibility index (Phi) is 4.19. The van der Waals surface area contributed by atoms with Gasteiger partial charge >= 0.3 is 0 Å². The summed E-state index contributed by atoms with van der Waals surface area (Å²) in [6.45, 7) is 2.30. The van der Waals surface area contributed by atoms with Crippen LogP contribution in [0.1, 0.15) is 55.2 Å². The van der Waals surface area contributed by atoms with Gasteiger partial charge in [-0.3, -0.25) is 0 Å². The Labute approximate surface area is 117 Å². The van der Waals surface area contributed by atoms with Crippen LogP contribution in [0.3, 0.4) is 0 Å². The van der Waals surface area contributed by atoms with Crippen LogP contribution in [0.25, 0.3) is 0 Å². The van der Waals surface area contributed by atoms with Crippen LogP contribution in [0, 0.1) is 5.92 Å². The average Bonchev–Trinajstić information content (AvgIpc) is 2.44. The second-order valence-corrected chi connectivity index (χ2v) is 6.19. The lowest BCUT2D eigenvalue weighted by atomic mass is 9.82. The molecule has 1 saturated carbocycles. The van der Waals surface area contributed by atoms with Crippen molar-refractivity contribution >= 4 is 0 Å². The van der Waals surface area contributed by atoms with Crippen molar-refractivity contribution in [3.8, 4) is 0 Å². The lowest BCUT2D eigenvalue weighted by Gasteiger charge is -2.35. The van der Waals surface area contributed by atoms with Gasteiger partial charge in [-0.2, -0.15) is 0 Å². The lowest BCUT2D eigenvalue weighted by molar-refractivity contribution is 0.268. The van der Waals surface area contributed by atoms with Gasteiger partial charge < -0.3 is 10.6 Å². The van der Waals surface area contributed by atoms with Crippen LogP contribution in [0.15, 0.2) is 24.3 Å². The van der Waals surface area contributed by atoms with Crippen LogP contribution in [0.4, 0.5) is 0 Å². The molecule has 1 aromatic rings. The highest BCUT2D eigenvalue weighted by atomic mass is 15.0. The minimum Gasteiger partial charge on any atom is -0.316 e. The first kappa shape index (κ1) is 13.1. The van der Waals surface area contributed by atoms with Crippen molar-refractivity contribution in [3.05, 3.63) is 35.4 Å². The molecule has 2 aliphatic rings. The molecule has 1 saturated heterocycles. The average molecular weight is 258 g/mol. The van der Waals surface area contributed by atoms with Gasteiger partial charge in [-0.1, -0.05) is 43.5 Å². The summed E-state index contributed by atoms with van der Waals surface area (Å²) in [5, 5.41) is 6.85. The lowest BCUT2D eigenvalue weighted by Crippen LogP contribution is -2.48. The minimum atomic E-state index is 0.515. The molecular weight excluding hydrogens is 232 g/mol. The third-order valence-corrected chi connectivity index (χ3v) is 4.97. The van der Waals surface area contributed by atoms with E-state index >= 15 is 0 Å². The summed E-state index contributed by atoms with van der Waals surface area (Å²) in [6.07, 6.45) is 7.05. The zero-order chi connectivity index (χ0) is 13.1. The summed E-state index contributed by atoms with van der Waals surface area (Å²) >= 11 is 0. The number of nitrogens with one attached hydrogen (secondary N) is 2. The van der Waals surface area contributed by atoms with Crippen LogP contribution < -0.4 is 10.6 Å². The summed E-state index contributed by atoms with van der Waals surface area (Å²) in [4.78, 5) is 0. The van der Waals surface area contributed by atoms with E-state index in [-0.39, 0.29) is 0 Å². The molecule has 2 heteroatoms. The van der Waals surface area contributed by atoms with Crippen LogP contribution in [-0.2, 0) is 0 Å². The standard InChI is InChI=1S/C17H26N2/c1-18-17(16-11-19-12-16)15-9-7-14(8-10-15)13-5-3-2-4-6-13/h7-10,13,16-19H,2-6,11-12H2,1H3. The van der Waals surface area contributed by atoms with E-state index in [0.29, 0.717) is 6.04 Å². The smallest absolute Gasteiger partial charge is 0.0370 e. The molecule has 1 aliphatic carbocycles. The predicted molar refractivity (Wildman–Crippen MR) is 80.4 cm³/mol. The molecular formula is C17H26N2. The van der Waals surface area contributed by atoms with Crippen molar-refractivity contribution in [1.29, 1.82) is 0 Å². The first-order chi connectivity index (χ1) is 9.38. The maximum Gasteiger partial charge on any atom is 0.0370 e. The van der Waals surface area contributed by atoms with Crippen molar-refractivity contribution in [3.63, 3.8) is 0 Å². The second kappa shape index (κ2) is 6.06. The van der Waals surface area contributed by atoms with Gasteiger partial charge in [-0.15, -0.1) is 0 Å². The first-order valence-electron chi connectivity index (χ1n) is 7.86. The first-order valence-corrected chi connectivity index (χ1v) is 7.86. The minimum absolute atomic E-state index is 0.515. The molecule has 0 bridgehead atoms. The number of hydrogen-bond acceptors (Lipinski definition) is 2. The molecule has 1 aliphatic heterocycles. The highest BCUT2D eigenvalue weighted by Crippen LogP contribution is 2.33. The molecule has 2 N–H and O–H groups in total. The van der Waals surface area contributed by atoms with Gasteiger partial charge in [-0.25, -0.2) is 0 Å². The molecule has 1 aromatic carbocycles. The quantitative estimate of drug-likeness (QED) is 0.866. The maximum atomic E-state index is 3.48. The summed E-state index contributed by atoms with van der Waals surface area (Å²) in [5.41, 5.74) is 3.01. The molecule has 0 spiro atoms. The molecule has 3 rings (SSSR count). The third kappa shape index (κ3) is 2.85. The molecule has 104 valence electrons. The Balaban J connectivity index is 1.70. The van der Waals surface area contributed by atoms with Crippen molar-refractivity contribution in [2.45, 2.75) is 44.1 Å². The van der Waals surface area contributed by atoms with E-state index in [2.05, 4.69) is 41.9 Å². The van der Waals surface area contributed by atoms with Crippen molar-refractivity contribution in [1.82, 2.24) is 10.6 Å². The SMILES string of the molecule is CNC(c1ccc(C2CCCCC2)cc1)C1CNC1. The number of hydrogen-bond donors (Lipinski definition) is 2. The fourth-order valence-corrected chi connectivity index (χ4v) is 3.63. The molecule has 0 amide bonds. The summed E-state index contributed by atoms with van der Waals surface area (Å²) in [7, 11) is 2.08. The van der Waals surface area contributed by atoms with E-state index in [1.165, 1.54) is 37.7 Å². The van der Waals surface area contributed by atoms with Gasteiger partial charge in [0, 0.05) is 25.0 Å². The fraction of sp³-hybridized carbons (Fsp3) is 0.647. The molecule has 2 fully saturated rings. The monoisotopic (exact) mass is 258 g/mol. The Morgan fingerprint density at radius 1 is 1.05 bits per heavy atom.